The van der Waals surface area contributed by atoms with Crippen LogP contribution in [-0.4, -0.2) is 106 Å². The first kappa shape index (κ1) is 27.8. The number of hydrogen-bond donors (Lipinski definition) is 2. The van der Waals surface area contributed by atoms with Crippen molar-refractivity contribution in [1.29, 1.82) is 0 Å². The zero-order valence-electron chi connectivity index (χ0n) is 22.5. The quantitative estimate of drug-likeness (QED) is 0.491. The summed E-state index contributed by atoms with van der Waals surface area (Å²) in [5, 5.41) is 19.3. The normalized spacial score (nSPS) is 22.2. The maximum absolute atomic E-state index is 13.5. The van der Waals surface area contributed by atoms with Crippen LogP contribution in [0.3, 0.4) is 0 Å². The Balaban J connectivity index is 1.57. The molecule has 0 unspecified atom stereocenters. The summed E-state index contributed by atoms with van der Waals surface area (Å²) in [6.45, 7) is 14.0. The zero-order chi connectivity index (χ0) is 27.2. The number of rotatable bonds is 9. The average molecular weight is 521 g/mol. The number of hydrogen-bond acceptors (Lipinski definition) is 6. The maximum Gasteiger partial charge on any atom is 0.304 e. The summed E-state index contributed by atoms with van der Waals surface area (Å²) in [6, 6.07) is 15.8. The molecule has 204 valence electrons. The molecule has 8 nitrogen and oxygen atoms in total. The summed E-state index contributed by atoms with van der Waals surface area (Å²) in [5.74, 6) is -0.574. The van der Waals surface area contributed by atoms with Crippen LogP contribution in [0.5, 0.6) is 5.75 Å². The van der Waals surface area contributed by atoms with Crippen molar-refractivity contribution >= 4 is 11.9 Å². The number of carbonyl (C=O) groups excluding carboxylic acids is 1. The average Bonchev–Trinajstić information content (AvgIpc) is 2.90. The number of phenolic OH excluding ortho intramolecular Hbond substituents is 1. The second-order valence-corrected chi connectivity index (χ2v) is 10.5. The van der Waals surface area contributed by atoms with Gasteiger partial charge in [-0.1, -0.05) is 30.3 Å². The van der Waals surface area contributed by atoms with E-state index in [1.807, 2.05) is 47.4 Å². The topological polar surface area (TPSA) is 87.6 Å². The van der Waals surface area contributed by atoms with Gasteiger partial charge in [-0.2, -0.15) is 0 Å². The minimum absolute atomic E-state index is 0.00314. The van der Waals surface area contributed by atoms with Gasteiger partial charge in [0.05, 0.1) is 12.5 Å². The van der Waals surface area contributed by atoms with Gasteiger partial charge >= 0.3 is 5.97 Å². The molecule has 0 bridgehead atoms. The molecule has 0 aliphatic carbocycles. The first-order chi connectivity index (χ1) is 18.3. The standard InChI is InChI=1S/C30H40N4O4/c1-4-12-33-20-23(3)34(21-22(33)2)29(25-8-6-10-27(35)19-25)24-7-5-9-26(18-24)30(38)32-16-14-31(15-17-32)13-11-28(36)37/h4-10,18-19,22-23,29,35H,1,11-17,20-21H2,2-3H3,(H,36,37)/t22-,23+,29-/m1/s1. The lowest BCUT2D eigenvalue weighted by Gasteiger charge is -2.47. The van der Waals surface area contributed by atoms with E-state index in [0.717, 1.165) is 30.8 Å². The summed E-state index contributed by atoms with van der Waals surface area (Å²) in [5.41, 5.74) is 2.67. The molecule has 2 aliphatic rings. The van der Waals surface area contributed by atoms with Crippen molar-refractivity contribution in [3.8, 4) is 5.75 Å². The second kappa shape index (κ2) is 12.6. The SMILES string of the molecule is C=CCN1C[C@H](C)N([C@@H](c2cccc(O)c2)c2cccc(C(=O)N3CCN(CCC(=O)O)CC3)c2)C[C@H]1C. The molecule has 0 radical (unpaired) electrons. The van der Waals surface area contributed by atoms with Crippen molar-refractivity contribution in [2.45, 2.75) is 38.4 Å². The van der Waals surface area contributed by atoms with Gasteiger partial charge in [0.2, 0.25) is 0 Å². The molecule has 0 saturated carbocycles. The summed E-state index contributed by atoms with van der Waals surface area (Å²) < 4.78 is 0. The molecule has 2 saturated heterocycles. The number of amides is 1. The molecule has 2 aromatic carbocycles. The van der Waals surface area contributed by atoms with E-state index in [1.54, 1.807) is 6.07 Å². The molecular weight excluding hydrogens is 480 g/mol. The Morgan fingerprint density at radius 2 is 1.68 bits per heavy atom. The molecule has 2 heterocycles. The van der Waals surface area contributed by atoms with Crippen molar-refractivity contribution in [2.75, 3.05) is 52.4 Å². The summed E-state index contributed by atoms with van der Waals surface area (Å²) in [4.78, 5) is 33.2. The number of benzene rings is 2. The summed E-state index contributed by atoms with van der Waals surface area (Å²) in [7, 11) is 0. The van der Waals surface area contributed by atoms with Crippen LogP contribution >= 0.6 is 0 Å². The van der Waals surface area contributed by atoms with E-state index in [4.69, 9.17) is 5.11 Å². The van der Waals surface area contributed by atoms with E-state index in [1.165, 1.54) is 0 Å². The van der Waals surface area contributed by atoms with Crippen molar-refractivity contribution in [3.05, 3.63) is 77.9 Å². The molecule has 2 N–H and O–H groups in total. The van der Waals surface area contributed by atoms with Gasteiger partial charge in [-0.15, -0.1) is 6.58 Å². The number of carboxylic acids is 1. The fourth-order valence-electron chi connectivity index (χ4n) is 5.73. The van der Waals surface area contributed by atoms with E-state index in [9.17, 15) is 14.7 Å². The number of piperazine rings is 2. The van der Waals surface area contributed by atoms with Gasteiger partial charge in [0.1, 0.15) is 5.75 Å². The Morgan fingerprint density at radius 3 is 2.34 bits per heavy atom. The maximum atomic E-state index is 13.5. The first-order valence-electron chi connectivity index (χ1n) is 13.5. The molecule has 3 atom stereocenters. The van der Waals surface area contributed by atoms with Crippen LogP contribution in [0.2, 0.25) is 0 Å². The third kappa shape index (κ3) is 6.62. The minimum atomic E-state index is -0.799. The predicted molar refractivity (Wildman–Crippen MR) is 148 cm³/mol. The highest BCUT2D eigenvalue weighted by molar-refractivity contribution is 5.94. The fourth-order valence-corrected chi connectivity index (χ4v) is 5.73. The second-order valence-electron chi connectivity index (χ2n) is 10.5. The number of carboxylic acid groups (broad SMARTS) is 1. The minimum Gasteiger partial charge on any atom is -0.508 e. The molecule has 2 fully saturated rings. The highest BCUT2D eigenvalue weighted by Crippen LogP contribution is 2.35. The smallest absolute Gasteiger partial charge is 0.304 e. The lowest BCUT2D eigenvalue weighted by atomic mass is 9.92. The monoisotopic (exact) mass is 520 g/mol. The Hall–Kier alpha value is -3.20. The summed E-state index contributed by atoms with van der Waals surface area (Å²) in [6.07, 6.45) is 2.07. The molecule has 38 heavy (non-hydrogen) atoms. The molecule has 1 amide bonds. The molecule has 2 aromatic rings. The Kier molecular flexibility index (Phi) is 9.20. The van der Waals surface area contributed by atoms with Crippen LogP contribution in [-0.2, 0) is 4.79 Å². The zero-order valence-corrected chi connectivity index (χ0v) is 22.5. The van der Waals surface area contributed by atoms with E-state index < -0.39 is 5.97 Å². The van der Waals surface area contributed by atoms with Crippen LogP contribution in [0.1, 0.15) is 47.8 Å². The van der Waals surface area contributed by atoms with Crippen LogP contribution in [0.15, 0.2) is 61.2 Å². The Bertz CT molecular complexity index is 1130. The molecule has 4 rings (SSSR count). The lowest BCUT2D eigenvalue weighted by Crippen LogP contribution is -2.57. The van der Waals surface area contributed by atoms with Gasteiger partial charge in [-0.05, 0) is 49.2 Å². The van der Waals surface area contributed by atoms with Crippen LogP contribution in [0.4, 0.5) is 0 Å². The van der Waals surface area contributed by atoms with Crippen molar-refractivity contribution in [3.63, 3.8) is 0 Å². The van der Waals surface area contributed by atoms with Gasteiger partial charge in [-0.25, -0.2) is 0 Å². The van der Waals surface area contributed by atoms with Crippen LogP contribution in [0, 0.1) is 0 Å². The number of carbonyl (C=O) groups is 2. The Morgan fingerprint density at radius 1 is 1.00 bits per heavy atom. The number of phenols is 1. The van der Waals surface area contributed by atoms with E-state index in [0.29, 0.717) is 44.3 Å². The number of aromatic hydroxyl groups is 1. The number of aliphatic carboxylic acids is 1. The van der Waals surface area contributed by atoms with Crippen LogP contribution in [0.25, 0.3) is 0 Å². The van der Waals surface area contributed by atoms with Gasteiger partial charge in [0.15, 0.2) is 0 Å². The van der Waals surface area contributed by atoms with Gasteiger partial charge < -0.3 is 15.1 Å². The third-order valence-corrected chi connectivity index (χ3v) is 7.80. The molecule has 0 aromatic heterocycles. The largest absolute Gasteiger partial charge is 0.508 e. The van der Waals surface area contributed by atoms with Crippen molar-refractivity contribution in [1.82, 2.24) is 19.6 Å². The van der Waals surface area contributed by atoms with Gasteiger partial charge in [-0.3, -0.25) is 24.3 Å². The highest BCUT2D eigenvalue weighted by atomic mass is 16.4. The molecule has 8 heteroatoms. The highest BCUT2D eigenvalue weighted by Gasteiger charge is 2.35. The number of nitrogens with zero attached hydrogens (tertiary/aromatic N) is 4. The fraction of sp³-hybridized carbons (Fsp3) is 0.467. The van der Waals surface area contributed by atoms with Crippen LogP contribution < -0.4 is 0 Å². The summed E-state index contributed by atoms with van der Waals surface area (Å²) >= 11 is 0. The Labute approximate surface area is 225 Å². The molecular formula is C30H40N4O4. The van der Waals surface area contributed by atoms with Crippen molar-refractivity contribution < 1.29 is 19.8 Å². The van der Waals surface area contributed by atoms with Gasteiger partial charge in [0, 0.05) is 70.0 Å². The predicted octanol–water partition coefficient (Wildman–Crippen LogP) is 3.29. The van der Waals surface area contributed by atoms with Gasteiger partial charge in [0.25, 0.3) is 5.91 Å². The first-order valence-corrected chi connectivity index (χ1v) is 13.5. The van der Waals surface area contributed by atoms with Crippen molar-refractivity contribution in [2.24, 2.45) is 0 Å². The van der Waals surface area contributed by atoms with E-state index in [2.05, 4.69) is 41.2 Å². The molecule has 2 aliphatic heterocycles. The van der Waals surface area contributed by atoms with E-state index in [-0.39, 0.29) is 30.2 Å². The van der Waals surface area contributed by atoms with E-state index >= 15 is 0 Å². The lowest BCUT2D eigenvalue weighted by molar-refractivity contribution is -0.137. The molecule has 0 spiro atoms. The third-order valence-electron chi connectivity index (χ3n) is 7.80.